The number of nitrogens with one attached hydrogen (secondary N) is 2. The number of guanidine groups is 1. The highest BCUT2D eigenvalue weighted by Gasteiger charge is 2.05. The summed E-state index contributed by atoms with van der Waals surface area (Å²) < 4.78 is 23.8. The van der Waals surface area contributed by atoms with E-state index < -0.39 is 0 Å². The zero-order valence-corrected chi connectivity index (χ0v) is 14.1. The number of aliphatic imine (C=N–C) groups is 1. The molecule has 0 aliphatic rings. The lowest BCUT2D eigenvalue weighted by Gasteiger charge is -2.13. The maximum absolute atomic E-state index is 13.7. The maximum atomic E-state index is 13.7. The zero-order chi connectivity index (χ0) is 17.4. The number of methoxy groups -OCH3 is 2. The van der Waals surface area contributed by atoms with E-state index in [0.29, 0.717) is 19.0 Å². The second-order valence-corrected chi connectivity index (χ2v) is 5.10. The Morgan fingerprint density at radius 3 is 2.29 bits per heavy atom. The molecule has 0 bridgehead atoms. The molecule has 0 aromatic heterocycles. The largest absolute Gasteiger partial charge is 0.497 e. The Morgan fingerprint density at radius 2 is 1.71 bits per heavy atom. The van der Waals surface area contributed by atoms with Crippen molar-refractivity contribution < 1.29 is 13.9 Å². The molecule has 0 aliphatic carbocycles. The highest BCUT2D eigenvalue weighted by molar-refractivity contribution is 5.79. The van der Waals surface area contributed by atoms with Gasteiger partial charge in [0.15, 0.2) is 17.5 Å². The van der Waals surface area contributed by atoms with Crippen LogP contribution >= 0.6 is 0 Å². The van der Waals surface area contributed by atoms with Gasteiger partial charge < -0.3 is 20.1 Å². The number of halogens is 1. The summed E-state index contributed by atoms with van der Waals surface area (Å²) in [5.74, 6) is 1.30. The molecular weight excluding hydrogens is 309 g/mol. The van der Waals surface area contributed by atoms with Crippen LogP contribution in [-0.4, -0.2) is 27.2 Å². The Bertz CT molecular complexity index is 704. The molecule has 5 nitrogen and oxygen atoms in total. The third-order valence-electron chi connectivity index (χ3n) is 3.49. The van der Waals surface area contributed by atoms with Gasteiger partial charge in [-0.1, -0.05) is 18.2 Å². The van der Waals surface area contributed by atoms with E-state index >= 15 is 0 Å². The maximum Gasteiger partial charge on any atom is 0.191 e. The van der Waals surface area contributed by atoms with E-state index in [9.17, 15) is 4.39 Å². The third kappa shape index (κ3) is 4.87. The molecule has 0 spiro atoms. The van der Waals surface area contributed by atoms with Gasteiger partial charge in [0.05, 0.1) is 14.2 Å². The molecule has 2 N–H and O–H groups in total. The van der Waals surface area contributed by atoms with Crippen molar-refractivity contribution >= 4 is 5.96 Å². The molecular formula is C18H22FN3O2. The molecule has 6 heteroatoms. The van der Waals surface area contributed by atoms with Crippen LogP contribution in [0.15, 0.2) is 47.5 Å². The summed E-state index contributed by atoms with van der Waals surface area (Å²) in [5.41, 5.74) is 1.88. The molecule has 0 atom stereocenters. The molecule has 0 heterocycles. The summed E-state index contributed by atoms with van der Waals surface area (Å²) in [7, 11) is 4.78. The molecule has 0 fully saturated rings. The zero-order valence-electron chi connectivity index (χ0n) is 14.1. The predicted octanol–water partition coefficient (Wildman–Crippen LogP) is 2.71. The van der Waals surface area contributed by atoms with Gasteiger partial charge >= 0.3 is 0 Å². The lowest BCUT2D eigenvalue weighted by molar-refractivity contribution is 0.386. The Hall–Kier alpha value is -2.76. The van der Waals surface area contributed by atoms with Crippen molar-refractivity contribution in [2.75, 3.05) is 21.3 Å². The van der Waals surface area contributed by atoms with Gasteiger partial charge in [0.25, 0.3) is 0 Å². The van der Waals surface area contributed by atoms with Crippen LogP contribution in [-0.2, 0) is 13.1 Å². The minimum absolute atomic E-state index is 0.235. The second kappa shape index (κ2) is 8.76. The molecule has 0 saturated carbocycles. The van der Waals surface area contributed by atoms with Crippen molar-refractivity contribution in [3.8, 4) is 11.5 Å². The van der Waals surface area contributed by atoms with Gasteiger partial charge in [-0.05, 0) is 35.4 Å². The molecule has 128 valence electrons. The molecule has 24 heavy (non-hydrogen) atoms. The van der Waals surface area contributed by atoms with Crippen LogP contribution in [0.25, 0.3) is 0 Å². The first-order valence-corrected chi connectivity index (χ1v) is 7.56. The molecule has 0 unspecified atom stereocenters. The fourth-order valence-electron chi connectivity index (χ4n) is 2.19. The normalized spacial score (nSPS) is 11.1. The van der Waals surface area contributed by atoms with E-state index in [2.05, 4.69) is 15.6 Å². The van der Waals surface area contributed by atoms with Crippen LogP contribution in [0.5, 0.6) is 11.5 Å². The SMILES string of the molecule is CN=C(NCc1cccc(OC)c1)NCc1ccc(OC)c(F)c1. The van der Waals surface area contributed by atoms with E-state index in [0.717, 1.165) is 16.9 Å². The number of ether oxygens (including phenoxy) is 2. The topological polar surface area (TPSA) is 54.9 Å². The van der Waals surface area contributed by atoms with E-state index in [1.807, 2.05) is 30.3 Å². The van der Waals surface area contributed by atoms with Crippen molar-refractivity contribution in [2.45, 2.75) is 13.1 Å². The van der Waals surface area contributed by atoms with E-state index in [4.69, 9.17) is 9.47 Å². The third-order valence-corrected chi connectivity index (χ3v) is 3.49. The molecule has 0 radical (unpaired) electrons. The summed E-state index contributed by atoms with van der Waals surface area (Å²) in [4.78, 5) is 4.16. The average Bonchev–Trinajstić information content (AvgIpc) is 2.62. The van der Waals surface area contributed by atoms with Gasteiger partial charge in [-0.2, -0.15) is 0 Å². The number of nitrogens with zero attached hydrogens (tertiary/aromatic N) is 1. The van der Waals surface area contributed by atoms with Gasteiger partial charge in [0, 0.05) is 20.1 Å². The molecule has 2 rings (SSSR count). The molecule has 2 aromatic carbocycles. The van der Waals surface area contributed by atoms with Crippen LogP contribution in [0, 0.1) is 5.82 Å². The first-order valence-electron chi connectivity index (χ1n) is 7.56. The van der Waals surface area contributed by atoms with E-state index in [1.54, 1.807) is 20.2 Å². The summed E-state index contributed by atoms with van der Waals surface area (Å²) in [6.07, 6.45) is 0. The molecule has 0 saturated heterocycles. The van der Waals surface area contributed by atoms with Crippen molar-refractivity contribution in [2.24, 2.45) is 4.99 Å². The van der Waals surface area contributed by atoms with Gasteiger partial charge in [0.1, 0.15) is 5.75 Å². The quantitative estimate of drug-likeness (QED) is 0.631. The lowest BCUT2D eigenvalue weighted by atomic mass is 10.2. The standard InChI is InChI=1S/C18H22FN3O2/c1-20-18(21-11-13-5-4-6-15(9-13)23-2)22-12-14-7-8-17(24-3)16(19)10-14/h4-10H,11-12H2,1-3H3,(H2,20,21,22). The average molecular weight is 331 g/mol. The van der Waals surface area contributed by atoms with Crippen LogP contribution < -0.4 is 20.1 Å². The fraction of sp³-hybridized carbons (Fsp3) is 0.278. The van der Waals surface area contributed by atoms with Crippen LogP contribution in [0.3, 0.4) is 0 Å². The smallest absolute Gasteiger partial charge is 0.191 e. The summed E-state index contributed by atoms with van der Waals surface area (Å²) in [5, 5.41) is 6.36. The van der Waals surface area contributed by atoms with Gasteiger partial charge in [0.2, 0.25) is 0 Å². The minimum atomic E-state index is -0.379. The Balaban J connectivity index is 1.89. The van der Waals surface area contributed by atoms with Gasteiger partial charge in [-0.25, -0.2) is 4.39 Å². The number of hydrogen-bond donors (Lipinski definition) is 2. The first-order chi connectivity index (χ1) is 11.7. The van der Waals surface area contributed by atoms with E-state index in [1.165, 1.54) is 13.2 Å². The molecule has 0 aliphatic heterocycles. The van der Waals surface area contributed by atoms with Crippen LogP contribution in [0.4, 0.5) is 4.39 Å². The van der Waals surface area contributed by atoms with Crippen LogP contribution in [0.1, 0.15) is 11.1 Å². The fourth-order valence-corrected chi connectivity index (χ4v) is 2.19. The monoisotopic (exact) mass is 331 g/mol. The summed E-state index contributed by atoms with van der Waals surface area (Å²) in [6.45, 7) is 1.06. The van der Waals surface area contributed by atoms with E-state index in [-0.39, 0.29) is 11.6 Å². The van der Waals surface area contributed by atoms with Crippen molar-refractivity contribution in [1.82, 2.24) is 10.6 Å². The van der Waals surface area contributed by atoms with Crippen molar-refractivity contribution in [1.29, 1.82) is 0 Å². The second-order valence-electron chi connectivity index (χ2n) is 5.10. The summed E-state index contributed by atoms with van der Waals surface area (Å²) >= 11 is 0. The number of rotatable bonds is 6. The Kier molecular flexibility index (Phi) is 6.42. The van der Waals surface area contributed by atoms with Gasteiger partial charge in [-0.15, -0.1) is 0 Å². The first kappa shape index (κ1) is 17.6. The van der Waals surface area contributed by atoms with Crippen molar-refractivity contribution in [3.63, 3.8) is 0 Å². The highest BCUT2D eigenvalue weighted by atomic mass is 19.1. The lowest BCUT2D eigenvalue weighted by Crippen LogP contribution is -2.36. The molecule has 0 amide bonds. The van der Waals surface area contributed by atoms with Crippen molar-refractivity contribution in [3.05, 3.63) is 59.4 Å². The van der Waals surface area contributed by atoms with Gasteiger partial charge in [-0.3, -0.25) is 4.99 Å². The Labute approximate surface area is 141 Å². The number of benzene rings is 2. The molecule has 2 aromatic rings. The predicted molar refractivity (Wildman–Crippen MR) is 93.0 cm³/mol. The minimum Gasteiger partial charge on any atom is -0.497 e. The number of hydrogen-bond acceptors (Lipinski definition) is 3. The highest BCUT2D eigenvalue weighted by Crippen LogP contribution is 2.17. The summed E-state index contributed by atoms with van der Waals surface area (Å²) in [6, 6.07) is 12.7. The Morgan fingerprint density at radius 1 is 1.00 bits per heavy atom. The van der Waals surface area contributed by atoms with Crippen LogP contribution in [0.2, 0.25) is 0 Å².